The Balaban J connectivity index is 1.64. The maximum atomic E-state index is 11.8. The van der Waals surface area contributed by atoms with Crippen molar-refractivity contribution in [2.24, 2.45) is 0 Å². The number of carbonyl (C=O) groups is 1. The zero-order chi connectivity index (χ0) is 15.4. The number of aromatic nitrogens is 2. The van der Waals surface area contributed by atoms with E-state index in [0.717, 1.165) is 26.8 Å². The molecular formula is C16H13N3OS2. The molecule has 0 saturated carbocycles. The molecule has 3 rings (SSSR count). The molecule has 110 valence electrons. The second kappa shape index (κ2) is 6.64. The first-order chi connectivity index (χ1) is 10.7. The minimum absolute atomic E-state index is 0.161. The molecule has 22 heavy (non-hydrogen) atoms. The van der Waals surface area contributed by atoms with Gasteiger partial charge in [0.1, 0.15) is 5.01 Å². The van der Waals surface area contributed by atoms with Gasteiger partial charge >= 0.3 is 0 Å². The van der Waals surface area contributed by atoms with Crippen molar-refractivity contribution >= 4 is 40.3 Å². The average molecular weight is 327 g/mol. The largest absolute Gasteiger partial charge is 0.323 e. The molecule has 0 spiro atoms. The Labute approximate surface area is 136 Å². The number of hydrogen-bond donors (Lipinski definition) is 1. The fourth-order valence-corrected chi connectivity index (χ4v) is 3.15. The van der Waals surface area contributed by atoms with Gasteiger partial charge in [-0.25, -0.2) is 4.98 Å². The lowest BCUT2D eigenvalue weighted by molar-refractivity contribution is -0.111. The Kier molecular flexibility index (Phi) is 4.41. The molecule has 0 bridgehead atoms. The summed E-state index contributed by atoms with van der Waals surface area (Å²) in [7, 11) is 0. The van der Waals surface area contributed by atoms with E-state index in [4.69, 9.17) is 0 Å². The molecule has 0 saturated heterocycles. The van der Waals surface area contributed by atoms with Crippen LogP contribution < -0.4 is 5.32 Å². The molecule has 2 heterocycles. The van der Waals surface area contributed by atoms with Crippen molar-refractivity contribution < 1.29 is 4.79 Å². The predicted octanol–water partition coefficient (Wildman–Crippen LogP) is 4.23. The van der Waals surface area contributed by atoms with Crippen molar-refractivity contribution in [3.8, 4) is 10.6 Å². The lowest BCUT2D eigenvalue weighted by atomic mass is 10.2. The number of aryl methyl sites for hydroxylation is 1. The van der Waals surface area contributed by atoms with E-state index >= 15 is 0 Å². The molecule has 0 unspecified atom stereocenters. The van der Waals surface area contributed by atoms with E-state index in [1.807, 2.05) is 36.6 Å². The van der Waals surface area contributed by atoms with E-state index in [-0.39, 0.29) is 5.91 Å². The minimum Gasteiger partial charge on any atom is -0.323 e. The van der Waals surface area contributed by atoms with Gasteiger partial charge < -0.3 is 5.32 Å². The molecule has 3 aromatic rings. The zero-order valence-electron chi connectivity index (χ0n) is 11.8. The normalized spacial score (nSPS) is 11.0. The van der Waals surface area contributed by atoms with E-state index in [0.29, 0.717) is 0 Å². The summed E-state index contributed by atoms with van der Waals surface area (Å²) in [6, 6.07) is 7.68. The van der Waals surface area contributed by atoms with Gasteiger partial charge in [-0.05, 0) is 37.3 Å². The quantitative estimate of drug-likeness (QED) is 0.730. The maximum absolute atomic E-state index is 11.8. The van der Waals surface area contributed by atoms with Gasteiger partial charge in [0.05, 0.1) is 5.51 Å². The second-order valence-electron chi connectivity index (χ2n) is 4.60. The highest BCUT2D eigenvalue weighted by atomic mass is 32.1. The number of hydrogen-bond acceptors (Lipinski definition) is 5. The zero-order valence-corrected chi connectivity index (χ0v) is 13.4. The number of nitrogens with one attached hydrogen (secondary N) is 1. The summed E-state index contributed by atoms with van der Waals surface area (Å²) in [5.74, 6) is -0.161. The molecule has 4 nitrogen and oxygen atoms in total. The standard InChI is InChI=1S/C16H13N3OS2/c1-11-9-21-16(18-11)12-2-4-13(5-3-12)19-15(20)7-6-14-8-17-10-22-14/h2-10H,1H3,(H,19,20)/b7-6+. The van der Waals surface area contributed by atoms with E-state index in [1.165, 1.54) is 17.4 Å². The summed E-state index contributed by atoms with van der Waals surface area (Å²) in [6.07, 6.45) is 4.98. The van der Waals surface area contributed by atoms with Crippen LogP contribution in [-0.2, 0) is 4.79 Å². The van der Waals surface area contributed by atoms with Gasteiger partial charge in [0.15, 0.2) is 0 Å². The highest BCUT2D eigenvalue weighted by Crippen LogP contribution is 2.24. The molecule has 0 radical (unpaired) electrons. The highest BCUT2D eigenvalue weighted by Gasteiger charge is 2.03. The van der Waals surface area contributed by atoms with Crippen molar-refractivity contribution in [1.29, 1.82) is 0 Å². The van der Waals surface area contributed by atoms with Crippen LogP contribution in [0.3, 0.4) is 0 Å². The minimum atomic E-state index is -0.161. The van der Waals surface area contributed by atoms with Crippen molar-refractivity contribution in [3.63, 3.8) is 0 Å². The Morgan fingerprint density at radius 1 is 1.23 bits per heavy atom. The van der Waals surface area contributed by atoms with Crippen LogP contribution in [0.25, 0.3) is 16.6 Å². The fourth-order valence-electron chi connectivity index (χ4n) is 1.83. The number of amides is 1. The van der Waals surface area contributed by atoms with Crippen molar-refractivity contribution in [1.82, 2.24) is 9.97 Å². The highest BCUT2D eigenvalue weighted by molar-refractivity contribution is 7.13. The summed E-state index contributed by atoms with van der Waals surface area (Å²) in [5.41, 5.74) is 4.56. The molecule has 1 N–H and O–H groups in total. The van der Waals surface area contributed by atoms with Gasteiger partial charge in [-0.1, -0.05) is 0 Å². The number of carbonyl (C=O) groups excluding carboxylic acids is 1. The summed E-state index contributed by atoms with van der Waals surface area (Å²) < 4.78 is 0. The molecule has 6 heteroatoms. The fraction of sp³-hybridized carbons (Fsp3) is 0.0625. The topological polar surface area (TPSA) is 54.9 Å². The Morgan fingerprint density at radius 3 is 2.68 bits per heavy atom. The first-order valence-corrected chi connectivity index (χ1v) is 8.37. The molecule has 0 atom stereocenters. The summed E-state index contributed by atoms with van der Waals surface area (Å²) >= 11 is 3.10. The summed E-state index contributed by atoms with van der Waals surface area (Å²) in [4.78, 5) is 21.2. The molecule has 0 aliphatic carbocycles. The van der Waals surface area contributed by atoms with Gasteiger partial charge in [-0.2, -0.15) is 0 Å². The lowest BCUT2D eigenvalue weighted by Crippen LogP contribution is -2.07. The van der Waals surface area contributed by atoms with Crippen LogP contribution in [0.1, 0.15) is 10.6 Å². The van der Waals surface area contributed by atoms with Crippen LogP contribution >= 0.6 is 22.7 Å². The van der Waals surface area contributed by atoms with Crippen molar-refractivity contribution in [2.45, 2.75) is 6.92 Å². The molecule has 2 aromatic heterocycles. The van der Waals surface area contributed by atoms with Gasteiger partial charge in [0, 0.05) is 39.5 Å². The van der Waals surface area contributed by atoms with Crippen LogP contribution in [0.2, 0.25) is 0 Å². The van der Waals surface area contributed by atoms with Gasteiger partial charge in [0.25, 0.3) is 0 Å². The predicted molar refractivity (Wildman–Crippen MR) is 92.1 cm³/mol. The third kappa shape index (κ3) is 3.66. The van der Waals surface area contributed by atoms with Crippen LogP contribution in [-0.4, -0.2) is 15.9 Å². The number of anilines is 1. The molecule has 1 aromatic carbocycles. The first kappa shape index (κ1) is 14.6. The van der Waals surface area contributed by atoms with Crippen LogP contribution in [0.15, 0.2) is 47.4 Å². The van der Waals surface area contributed by atoms with Gasteiger partial charge in [0.2, 0.25) is 5.91 Å². The van der Waals surface area contributed by atoms with Crippen LogP contribution in [0.5, 0.6) is 0 Å². The molecule has 1 amide bonds. The number of benzene rings is 1. The van der Waals surface area contributed by atoms with Crippen LogP contribution in [0.4, 0.5) is 5.69 Å². The number of nitrogens with zero attached hydrogens (tertiary/aromatic N) is 2. The van der Waals surface area contributed by atoms with E-state index in [9.17, 15) is 4.79 Å². The van der Waals surface area contributed by atoms with Crippen LogP contribution in [0, 0.1) is 6.92 Å². The summed E-state index contributed by atoms with van der Waals surface area (Å²) in [5, 5.41) is 5.84. The van der Waals surface area contributed by atoms with E-state index < -0.39 is 0 Å². The molecule has 0 aliphatic heterocycles. The van der Waals surface area contributed by atoms with Crippen molar-refractivity contribution in [3.05, 3.63) is 58.0 Å². The molecule has 0 aliphatic rings. The van der Waals surface area contributed by atoms with E-state index in [2.05, 4.69) is 15.3 Å². The average Bonchev–Trinajstić information content (AvgIpc) is 3.17. The first-order valence-electron chi connectivity index (χ1n) is 6.61. The third-order valence-electron chi connectivity index (χ3n) is 2.87. The van der Waals surface area contributed by atoms with Gasteiger partial charge in [-0.3, -0.25) is 9.78 Å². The number of rotatable bonds is 4. The smallest absolute Gasteiger partial charge is 0.248 e. The van der Waals surface area contributed by atoms with Gasteiger partial charge in [-0.15, -0.1) is 22.7 Å². The number of thiazole rings is 2. The maximum Gasteiger partial charge on any atom is 0.248 e. The molecular weight excluding hydrogens is 314 g/mol. The SMILES string of the molecule is Cc1csc(-c2ccc(NC(=O)/C=C/c3cncs3)cc2)n1. The third-order valence-corrected chi connectivity index (χ3v) is 4.62. The second-order valence-corrected chi connectivity index (χ2v) is 6.37. The summed E-state index contributed by atoms with van der Waals surface area (Å²) in [6.45, 7) is 1.98. The Hall–Kier alpha value is -2.31. The van der Waals surface area contributed by atoms with E-state index in [1.54, 1.807) is 29.1 Å². The molecule has 0 fully saturated rings. The Morgan fingerprint density at radius 2 is 2.05 bits per heavy atom. The Bertz CT molecular complexity index is 789. The van der Waals surface area contributed by atoms with Crippen molar-refractivity contribution in [2.75, 3.05) is 5.32 Å². The monoisotopic (exact) mass is 327 g/mol. The lowest BCUT2D eigenvalue weighted by Gasteiger charge is -2.03.